The molecule has 1 atom stereocenters. The Balaban J connectivity index is 2.34. The van der Waals surface area contributed by atoms with Crippen LogP contribution < -0.4 is 5.73 Å². The summed E-state index contributed by atoms with van der Waals surface area (Å²) < 4.78 is 4.68. The molecule has 0 bridgehead atoms. The highest BCUT2D eigenvalue weighted by atomic mass is 16.5. The smallest absolute Gasteiger partial charge is 0.337 e. The van der Waals surface area contributed by atoms with E-state index in [2.05, 4.69) is 4.74 Å². The van der Waals surface area contributed by atoms with E-state index in [1.165, 1.54) is 18.2 Å². The van der Waals surface area contributed by atoms with Crippen molar-refractivity contribution in [2.45, 2.75) is 25.3 Å². The molecule has 0 spiro atoms. The minimum absolute atomic E-state index is 0.170. The minimum Gasteiger partial charge on any atom is -0.465 e. The lowest BCUT2D eigenvalue weighted by Gasteiger charge is -2.15. The van der Waals surface area contributed by atoms with Gasteiger partial charge >= 0.3 is 5.97 Å². The Hall–Kier alpha value is -1.35. The number of ether oxygens (including phenoxy) is 1. The van der Waals surface area contributed by atoms with Gasteiger partial charge in [-0.05, 0) is 43.0 Å². The van der Waals surface area contributed by atoms with Crippen LogP contribution in [-0.4, -0.2) is 18.6 Å². The van der Waals surface area contributed by atoms with E-state index in [0.29, 0.717) is 5.56 Å². The minimum atomic E-state index is -0.288. The van der Waals surface area contributed by atoms with Crippen molar-refractivity contribution in [2.75, 3.05) is 7.11 Å². The molecule has 0 fully saturated rings. The summed E-state index contributed by atoms with van der Waals surface area (Å²) in [5.74, 6) is -0.288. The van der Waals surface area contributed by atoms with Crippen molar-refractivity contribution in [3.8, 4) is 0 Å². The Kier molecular flexibility index (Phi) is 2.27. The molecule has 15 heavy (non-hydrogen) atoms. The molecule has 80 valence electrons. The van der Waals surface area contributed by atoms with E-state index in [1.54, 1.807) is 6.07 Å². The molecule has 0 saturated heterocycles. The van der Waals surface area contributed by atoms with Gasteiger partial charge in [0.1, 0.15) is 0 Å². The van der Waals surface area contributed by atoms with E-state index >= 15 is 0 Å². The van der Waals surface area contributed by atoms with Crippen LogP contribution in [0.2, 0.25) is 0 Å². The number of hydrogen-bond donors (Lipinski definition) is 1. The molecular weight excluding hydrogens is 190 g/mol. The number of nitrogens with two attached hydrogens (primary N) is 1. The molecule has 1 unspecified atom stereocenters. The number of benzene rings is 1. The van der Waals surface area contributed by atoms with Gasteiger partial charge in [-0.3, -0.25) is 0 Å². The number of hydrogen-bond acceptors (Lipinski definition) is 3. The van der Waals surface area contributed by atoms with E-state index in [4.69, 9.17) is 5.73 Å². The molecule has 0 radical (unpaired) electrons. The first kappa shape index (κ1) is 10.2. The summed E-state index contributed by atoms with van der Waals surface area (Å²) in [6.45, 7) is 2.03. The van der Waals surface area contributed by atoms with Crippen molar-refractivity contribution >= 4 is 5.97 Å². The maximum atomic E-state index is 11.3. The van der Waals surface area contributed by atoms with Gasteiger partial charge in [0.25, 0.3) is 0 Å². The van der Waals surface area contributed by atoms with Gasteiger partial charge in [-0.1, -0.05) is 6.07 Å². The fraction of sp³-hybridized carbons (Fsp3) is 0.417. The van der Waals surface area contributed by atoms with Gasteiger partial charge in [-0.2, -0.15) is 0 Å². The molecule has 0 aliphatic heterocycles. The summed E-state index contributed by atoms with van der Waals surface area (Å²) in [5, 5.41) is 0. The first-order valence-corrected chi connectivity index (χ1v) is 5.01. The molecule has 0 amide bonds. The third kappa shape index (κ3) is 1.88. The molecule has 0 aromatic heterocycles. The zero-order valence-electron chi connectivity index (χ0n) is 9.04. The number of fused-ring (bicyclic) bond motifs is 1. The SMILES string of the molecule is COC(=O)c1ccc2c(c1)CC(C)(N)C2. The second kappa shape index (κ2) is 3.35. The van der Waals surface area contributed by atoms with Crippen LogP contribution in [0.3, 0.4) is 0 Å². The number of rotatable bonds is 1. The highest BCUT2D eigenvalue weighted by Gasteiger charge is 2.29. The molecule has 0 saturated carbocycles. The van der Waals surface area contributed by atoms with Crippen molar-refractivity contribution in [2.24, 2.45) is 5.73 Å². The summed E-state index contributed by atoms with van der Waals surface area (Å²) in [4.78, 5) is 11.3. The average Bonchev–Trinajstić information content (AvgIpc) is 2.49. The third-order valence-electron chi connectivity index (χ3n) is 2.82. The van der Waals surface area contributed by atoms with Gasteiger partial charge in [0.05, 0.1) is 12.7 Å². The van der Waals surface area contributed by atoms with E-state index in [1.807, 2.05) is 19.1 Å². The van der Waals surface area contributed by atoms with Gasteiger partial charge < -0.3 is 10.5 Å². The Morgan fingerprint density at radius 3 is 2.73 bits per heavy atom. The van der Waals surface area contributed by atoms with E-state index in [9.17, 15) is 4.79 Å². The summed E-state index contributed by atoms with van der Waals surface area (Å²) in [5.41, 5.74) is 8.92. The largest absolute Gasteiger partial charge is 0.465 e. The Labute approximate surface area is 89.2 Å². The van der Waals surface area contributed by atoms with Gasteiger partial charge in [0.2, 0.25) is 0 Å². The van der Waals surface area contributed by atoms with Crippen LogP contribution in [0.5, 0.6) is 0 Å². The van der Waals surface area contributed by atoms with Crippen LogP contribution >= 0.6 is 0 Å². The third-order valence-corrected chi connectivity index (χ3v) is 2.82. The summed E-state index contributed by atoms with van der Waals surface area (Å²) in [6, 6.07) is 5.66. The number of carbonyl (C=O) groups is 1. The predicted octanol–water partition coefficient (Wildman–Crippen LogP) is 1.29. The molecule has 1 aliphatic carbocycles. The summed E-state index contributed by atoms with van der Waals surface area (Å²) in [6.07, 6.45) is 1.71. The van der Waals surface area contributed by atoms with E-state index < -0.39 is 0 Å². The second-order valence-electron chi connectivity index (χ2n) is 4.48. The Morgan fingerprint density at radius 2 is 2.07 bits per heavy atom. The maximum Gasteiger partial charge on any atom is 0.337 e. The average molecular weight is 205 g/mol. The van der Waals surface area contributed by atoms with Crippen LogP contribution in [0.25, 0.3) is 0 Å². The predicted molar refractivity (Wildman–Crippen MR) is 57.8 cm³/mol. The highest BCUT2D eigenvalue weighted by molar-refractivity contribution is 5.89. The van der Waals surface area contributed by atoms with Crippen molar-refractivity contribution in [1.82, 2.24) is 0 Å². The fourth-order valence-corrected chi connectivity index (χ4v) is 2.14. The Bertz CT molecular complexity index is 410. The first-order chi connectivity index (χ1) is 7.02. The molecular formula is C12H15NO2. The van der Waals surface area contributed by atoms with Gasteiger partial charge in [0, 0.05) is 5.54 Å². The standard InChI is InChI=1S/C12H15NO2/c1-12(13)6-9-4-3-8(11(14)15-2)5-10(9)7-12/h3-5H,6-7,13H2,1-2H3. The molecule has 3 heteroatoms. The van der Waals surface area contributed by atoms with Gasteiger partial charge in [-0.15, -0.1) is 0 Å². The molecule has 2 rings (SSSR count). The topological polar surface area (TPSA) is 52.3 Å². The number of methoxy groups -OCH3 is 1. The lowest BCUT2D eigenvalue weighted by Crippen LogP contribution is -2.36. The number of carbonyl (C=O) groups excluding carboxylic acids is 1. The summed E-state index contributed by atoms with van der Waals surface area (Å²) >= 11 is 0. The van der Waals surface area contributed by atoms with Gasteiger partial charge in [-0.25, -0.2) is 4.79 Å². The first-order valence-electron chi connectivity index (χ1n) is 5.01. The fourth-order valence-electron chi connectivity index (χ4n) is 2.14. The molecule has 1 aliphatic rings. The second-order valence-corrected chi connectivity index (χ2v) is 4.48. The van der Waals surface area contributed by atoms with Crippen LogP contribution in [0.15, 0.2) is 18.2 Å². The van der Waals surface area contributed by atoms with Crippen molar-refractivity contribution in [1.29, 1.82) is 0 Å². The summed E-state index contributed by atoms with van der Waals surface area (Å²) in [7, 11) is 1.39. The van der Waals surface area contributed by atoms with Crippen LogP contribution in [-0.2, 0) is 17.6 Å². The lowest BCUT2D eigenvalue weighted by molar-refractivity contribution is 0.0600. The monoisotopic (exact) mass is 205 g/mol. The molecule has 1 aromatic rings. The van der Waals surface area contributed by atoms with Crippen LogP contribution in [0.4, 0.5) is 0 Å². The number of esters is 1. The molecule has 2 N–H and O–H groups in total. The van der Waals surface area contributed by atoms with E-state index in [-0.39, 0.29) is 11.5 Å². The van der Waals surface area contributed by atoms with Crippen LogP contribution in [0, 0.1) is 0 Å². The molecule has 3 nitrogen and oxygen atoms in total. The lowest BCUT2D eigenvalue weighted by atomic mass is 10.0. The van der Waals surface area contributed by atoms with Crippen LogP contribution in [0.1, 0.15) is 28.4 Å². The maximum absolute atomic E-state index is 11.3. The van der Waals surface area contributed by atoms with E-state index in [0.717, 1.165) is 12.8 Å². The Morgan fingerprint density at radius 1 is 1.40 bits per heavy atom. The van der Waals surface area contributed by atoms with Crippen molar-refractivity contribution in [3.63, 3.8) is 0 Å². The molecule has 1 aromatic carbocycles. The van der Waals surface area contributed by atoms with Gasteiger partial charge in [0.15, 0.2) is 0 Å². The zero-order chi connectivity index (χ0) is 11.1. The highest BCUT2D eigenvalue weighted by Crippen LogP contribution is 2.28. The quantitative estimate of drug-likeness (QED) is 0.703. The van der Waals surface area contributed by atoms with Crippen molar-refractivity contribution < 1.29 is 9.53 Å². The normalized spacial score (nSPS) is 23.7. The molecule has 0 heterocycles. The van der Waals surface area contributed by atoms with Crippen molar-refractivity contribution in [3.05, 3.63) is 34.9 Å². The zero-order valence-corrected chi connectivity index (χ0v) is 9.04.